The van der Waals surface area contributed by atoms with Gasteiger partial charge in [0.05, 0.1) is 12.7 Å². The van der Waals surface area contributed by atoms with Crippen LogP contribution in [0.4, 0.5) is 0 Å². The van der Waals surface area contributed by atoms with Crippen LogP contribution < -0.4 is 5.32 Å². The summed E-state index contributed by atoms with van der Waals surface area (Å²) < 4.78 is 2.01. The lowest BCUT2D eigenvalue weighted by molar-refractivity contribution is -0.120. The third-order valence-electron chi connectivity index (χ3n) is 3.33. The summed E-state index contributed by atoms with van der Waals surface area (Å²) in [5.41, 5.74) is 3.47. The summed E-state index contributed by atoms with van der Waals surface area (Å²) in [6.07, 6.45) is 6.85. The van der Waals surface area contributed by atoms with Crippen LogP contribution in [0.5, 0.6) is 0 Å². The molecule has 0 atom stereocenters. The number of amides is 1. The largest absolute Gasteiger partial charge is 0.356 e. The molecular formula is C16H21N3O. The van der Waals surface area contributed by atoms with Crippen LogP contribution in [-0.4, -0.2) is 22.0 Å². The molecule has 106 valence electrons. The Morgan fingerprint density at radius 1 is 1.35 bits per heavy atom. The van der Waals surface area contributed by atoms with Crippen LogP contribution in [0, 0.1) is 13.8 Å². The molecule has 1 N–H and O–H groups in total. The van der Waals surface area contributed by atoms with E-state index >= 15 is 0 Å². The first kappa shape index (κ1) is 14.3. The Morgan fingerprint density at radius 3 is 2.95 bits per heavy atom. The zero-order valence-corrected chi connectivity index (χ0v) is 12.1. The fraction of sp³-hybridized carbons (Fsp3) is 0.375. The van der Waals surface area contributed by atoms with Crippen molar-refractivity contribution in [1.29, 1.82) is 0 Å². The molecule has 0 fully saturated rings. The van der Waals surface area contributed by atoms with E-state index in [1.807, 2.05) is 24.6 Å². The summed E-state index contributed by atoms with van der Waals surface area (Å²) in [5, 5.41) is 2.97. The lowest BCUT2D eigenvalue weighted by Gasteiger charge is -2.08. The summed E-state index contributed by atoms with van der Waals surface area (Å²) in [7, 11) is 0. The van der Waals surface area contributed by atoms with Crippen molar-refractivity contribution in [3.63, 3.8) is 0 Å². The molecule has 0 aliphatic heterocycles. The maximum Gasteiger partial charge on any atom is 0.224 e. The summed E-state index contributed by atoms with van der Waals surface area (Å²) in [5.74, 6) is 0.0873. The molecule has 0 bridgehead atoms. The van der Waals surface area contributed by atoms with E-state index in [0.717, 1.165) is 18.5 Å². The van der Waals surface area contributed by atoms with Crippen molar-refractivity contribution >= 4 is 5.91 Å². The van der Waals surface area contributed by atoms with Gasteiger partial charge in [-0.2, -0.15) is 0 Å². The quantitative estimate of drug-likeness (QED) is 0.819. The minimum absolute atomic E-state index is 0.0873. The highest BCUT2D eigenvalue weighted by Gasteiger charge is 2.05. The van der Waals surface area contributed by atoms with Gasteiger partial charge in [-0.1, -0.05) is 23.8 Å². The van der Waals surface area contributed by atoms with Gasteiger partial charge in [-0.25, -0.2) is 4.98 Å². The van der Waals surface area contributed by atoms with Crippen molar-refractivity contribution in [2.45, 2.75) is 33.2 Å². The van der Waals surface area contributed by atoms with Gasteiger partial charge in [0.1, 0.15) is 0 Å². The summed E-state index contributed by atoms with van der Waals surface area (Å²) in [4.78, 5) is 15.9. The SMILES string of the molecule is Cc1ccc(C)c(CC(=O)NCCCn2ccnc2)c1. The summed E-state index contributed by atoms with van der Waals surface area (Å²) in [6, 6.07) is 6.22. The normalized spacial score (nSPS) is 10.5. The van der Waals surface area contributed by atoms with Gasteiger partial charge in [-0.15, -0.1) is 0 Å². The van der Waals surface area contributed by atoms with Crippen LogP contribution in [0.2, 0.25) is 0 Å². The van der Waals surface area contributed by atoms with Crippen LogP contribution in [0.25, 0.3) is 0 Å². The third kappa shape index (κ3) is 4.23. The predicted octanol–water partition coefficient (Wildman–Crippen LogP) is 2.25. The Labute approximate surface area is 119 Å². The maximum atomic E-state index is 11.9. The average molecular weight is 271 g/mol. The number of nitrogens with zero attached hydrogens (tertiary/aromatic N) is 2. The Balaban J connectivity index is 1.73. The fourth-order valence-electron chi connectivity index (χ4n) is 2.13. The number of rotatable bonds is 6. The number of carbonyl (C=O) groups is 1. The number of hydrogen-bond donors (Lipinski definition) is 1. The smallest absolute Gasteiger partial charge is 0.224 e. The van der Waals surface area contributed by atoms with Gasteiger partial charge in [-0.3, -0.25) is 4.79 Å². The second-order valence-corrected chi connectivity index (χ2v) is 5.11. The molecule has 4 nitrogen and oxygen atoms in total. The first-order valence-corrected chi connectivity index (χ1v) is 6.94. The average Bonchev–Trinajstić information content (AvgIpc) is 2.92. The van der Waals surface area contributed by atoms with E-state index in [9.17, 15) is 4.79 Å². The molecule has 0 unspecified atom stereocenters. The molecule has 0 spiro atoms. The molecule has 0 aliphatic rings. The molecule has 1 heterocycles. The van der Waals surface area contributed by atoms with Gasteiger partial charge in [0.25, 0.3) is 0 Å². The molecule has 0 saturated heterocycles. The Kier molecular flexibility index (Phi) is 4.93. The second kappa shape index (κ2) is 6.89. The van der Waals surface area contributed by atoms with Crippen molar-refractivity contribution < 1.29 is 4.79 Å². The number of carbonyl (C=O) groups excluding carboxylic acids is 1. The Morgan fingerprint density at radius 2 is 2.20 bits per heavy atom. The number of aromatic nitrogens is 2. The first-order valence-electron chi connectivity index (χ1n) is 6.94. The van der Waals surface area contributed by atoms with Gasteiger partial charge >= 0.3 is 0 Å². The molecule has 1 aromatic heterocycles. The molecule has 0 saturated carbocycles. The standard InChI is InChI=1S/C16H21N3O/c1-13-4-5-14(2)15(10-13)11-16(20)18-6-3-8-19-9-7-17-12-19/h4-5,7,9-10,12H,3,6,8,11H2,1-2H3,(H,18,20). The van der Waals surface area contributed by atoms with Crippen molar-refractivity contribution in [3.8, 4) is 0 Å². The molecular weight excluding hydrogens is 250 g/mol. The van der Waals surface area contributed by atoms with E-state index in [1.165, 1.54) is 11.1 Å². The van der Waals surface area contributed by atoms with E-state index < -0.39 is 0 Å². The number of nitrogens with one attached hydrogen (secondary N) is 1. The minimum atomic E-state index is 0.0873. The van der Waals surface area contributed by atoms with E-state index in [-0.39, 0.29) is 5.91 Å². The van der Waals surface area contributed by atoms with Gasteiger partial charge in [0.2, 0.25) is 5.91 Å². The Bertz CT molecular complexity index is 561. The van der Waals surface area contributed by atoms with Crippen molar-refractivity contribution in [1.82, 2.24) is 14.9 Å². The monoisotopic (exact) mass is 271 g/mol. The van der Waals surface area contributed by atoms with Crippen LogP contribution in [0.3, 0.4) is 0 Å². The highest BCUT2D eigenvalue weighted by molar-refractivity contribution is 5.78. The molecule has 4 heteroatoms. The van der Waals surface area contributed by atoms with Crippen molar-refractivity contribution in [2.24, 2.45) is 0 Å². The van der Waals surface area contributed by atoms with Gasteiger partial charge in [0, 0.05) is 25.5 Å². The number of imidazole rings is 1. The van der Waals surface area contributed by atoms with E-state index in [1.54, 1.807) is 12.5 Å². The fourth-order valence-corrected chi connectivity index (χ4v) is 2.13. The Hall–Kier alpha value is -2.10. The number of benzene rings is 1. The molecule has 0 radical (unpaired) electrons. The van der Waals surface area contributed by atoms with Crippen LogP contribution in [0.15, 0.2) is 36.9 Å². The van der Waals surface area contributed by atoms with Crippen molar-refractivity contribution in [3.05, 3.63) is 53.6 Å². The highest BCUT2D eigenvalue weighted by atomic mass is 16.1. The molecule has 0 aliphatic carbocycles. The number of aryl methyl sites for hydroxylation is 3. The molecule has 1 aromatic carbocycles. The second-order valence-electron chi connectivity index (χ2n) is 5.11. The minimum Gasteiger partial charge on any atom is -0.356 e. The maximum absolute atomic E-state index is 11.9. The topological polar surface area (TPSA) is 46.9 Å². The zero-order chi connectivity index (χ0) is 14.4. The third-order valence-corrected chi connectivity index (χ3v) is 3.33. The molecule has 1 amide bonds. The number of hydrogen-bond acceptors (Lipinski definition) is 2. The van der Waals surface area contributed by atoms with Crippen LogP contribution in [0.1, 0.15) is 23.1 Å². The summed E-state index contributed by atoms with van der Waals surface area (Å²) >= 11 is 0. The zero-order valence-electron chi connectivity index (χ0n) is 12.1. The van der Waals surface area contributed by atoms with Crippen molar-refractivity contribution in [2.75, 3.05) is 6.54 Å². The van der Waals surface area contributed by atoms with Crippen LogP contribution >= 0.6 is 0 Å². The summed E-state index contributed by atoms with van der Waals surface area (Å²) in [6.45, 7) is 5.67. The lowest BCUT2D eigenvalue weighted by atomic mass is 10.0. The van der Waals surface area contributed by atoms with E-state index in [4.69, 9.17) is 0 Å². The van der Waals surface area contributed by atoms with Crippen LogP contribution in [-0.2, 0) is 17.8 Å². The molecule has 20 heavy (non-hydrogen) atoms. The van der Waals surface area contributed by atoms with Gasteiger partial charge < -0.3 is 9.88 Å². The first-order chi connectivity index (χ1) is 9.65. The predicted molar refractivity (Wildman–Crippen MR) is 79.5 cm³/mol. The van der Waals surface area contributed by atoms with E-state index in [0.29, 0.717) is 13.0 Å². The molecule has 2 rings (SSSR count). The van der Waals surface area contributed by atoms with E-state index in [2.05, 4.69) is 28.5 Å². The molecule has 2 aromatic rings. The highest BCUT2D eigenvalue weighted by Crippen LogP contribution is 2.11. The lowest BCUT2D eigenvalue weighted by Crippen LogP contribution is -2.27. The van der Waals surface area contributed by atoms with Gasteiger partial charge in [-0.05, 0) is 31.4 Å². The van der Waals surface area contributed by atoms with Gasteiger partial charge in [0.15, 0.2) is 0 Å².